The van der Waals surface area contributed by atoms with Gasteiger partial charge >= 0.3 is 0 Å². The highest BCUT2D eigenvalue weighted by Crippen LogP contribution is 2.06. The molecule has 0 aromatic carbocycles. The van der Waals surface area contributed by atoms with Crippen molar-refractivity contribution in [1.82, 2.24) is 0 Å². The predicted molar refractivity (Wildman–Crippen MR) is 41.0 cm³/mol. The summed E-state index contributed by atoms with van der Waals surface area (Å²) in [6.07, 6.45) is 1.92. The lowest BCUT2D eigenvalue weighted by molar-refractivity contribution is 0.674. The summed E-state index contributed by atoms with van der Waals surface area (Å²) in [5.74, 6) is 0. The van der Waals surface area contributed by atoms with E-state index < -0.39 is 0 Å². The lowest BCUT2D eigenvalue weighted by Crippen LogP contribution is -2.13. The Morgan fingerprint density at radius 3 is 2.50 bits per heavy atom. The first-order chi connectivity index (χ1) is 3.63. The average molecular weight is 131 g/mol. The van der Waals surface area contributed by atoms with Crippen LogP contribution in [0.1, 0.15) is 19.8 Å². The van der Waals surface area contributed by atoms with Gasteiger partial charge in [-0.05, 0) is 24.7 Å². The van der Waals surface area contributed by atoms with Crippen molar-refractivity contribution in [2.45, 2.75) is 25.8 Å². The highest BCUT2D eigenvalue weighted by molar-refractivity contribution is 7.84. The molecule has 0 bridgehead atoms. The van der Waals surface area contributed by atoms with Crippen LogP contribution in [0.25, 0.3) is 0 Å². The van der Waals surface area contributed by atoms with Crippen LogP contribution in [0.2, 0.25) is 0 Å². The van der Waals surface area contributed by atoms with Crippen LogP contribution in [0.3, 0.4) is 0 Å². The van der Waals surface area contributed by atoms with Gasteiger partial charge in [0.05, 0.1) is 0 Å². The van der Waals surface area contributed by atoms with Gasteiger partial charge in [0, 0.05) is 6.04 Å². The van der Waals surface area contributed by atoms with E-state index in [0.717, 1.165) is 17.7 Å². The van der Waals surface area contributed by atoms with Crippen molar-refractivity contribution in [3.8, 4) is 0 Å². The van der Waals surface area contributed by atoms with Gasteiger partial charge in [-0.2, -0.15) is 0 Å². The Morgan fingerprint density at radius 1 is 1.88 bits per heavy atom. The zero-order valence-electron chi connectivity index (χ0n) is 5.22. The molecule has 2 N–H and O–H groups in total. The van der Waals surface area contributed by atoms with Gasteiger partial charge in [0.2, 0.25) is 0 Å². The fourth-order valence-electron chi connectivity index (χ4n) is 0.394. The largest absolute Gasteiger partial charge is 0.328 e. The molecule has 0 rings (SSSR count). The van der Waals surface area contributed by atoms with E-state index in [4.69, 9.17) is 5.73 Å². The molecule has 0 unspecified atom stereocenters. The zero-order chi connectivity index (χ0) is 6.57. The fraction of sp³-hybridized carbons (Fsp3) is 0.667. The van der Waals surface area contributed by atoms with E-state index in [1.165, 1.54) is 0 Å². The highest BCUT2D eigenvalue weighted by Gasteiger charge is 1.92. The van der Waals surface area contributed by atoms with E-state index in [2.05, 4.69) is 19.2 Å². The minimum atomic E-state index is 0.277. The number of hydrogen-bond acceptors (Lipinski definition) is 2. The van der Waals surface area contributed by atoms with Crippen LogP contribution in [0.5, 0.6) is 0 Å². The van der Waals surface area contributed by atoms with Gasteiger partial charge in [0.1, 0.15) is 0 Å². The molecule has 0 radical (unpaired) electrons. The van der Waals surface area contributed by atoms with Gasteiger partial charge in [-0.1, -0.05) is 6.58 Å². The van der Waals surface area contributed by atoms with Gasteiger partial charge < -0.3 is 5.73 Å². The Labute approximate surface area is 56.4 Å². The number of nitrogens with two attached hydrogens (primary N) is 1. The number of hydrogen-bond donors (Lipinski definition) is 2. The molecule has 48 valence electrons. The Kier molecular flexibility index (Phi) is 4.01. The van der Waals surface area contributed by atoms with Gasteiger partial charge in [0.15, 0.2) is 0 Å². The molecule has 0 aliphatic heterocycles. The summed E-state index contributed by atoms with van der Waals surface area (Å²) in [7, 11) is 0. The second kappa shape index (κ2) is 3.98. The Bertz CT molecular complexity index is 78.6. The maximum atomic E-state index is 5.47. The van der Waals surface area contributed by atoms with E-state index >= 15 is 0 Å². The molecule has 0 amide bonds. The monoisotopic (exact) mass is 131 g/mol. The first kappa shape index (κ1) is 8.05. The third-order valence-corrected chi connectivity index (χ3v) is 1.11. The maximum Gasteiger partial charge on any atom is 0.00138 e. The van der Waals surface area contributed by atoms with Crippen LogP contribution in [0, 0.1) is 0 Å². The SMILES string of the molecule is C=C(S)CC[C@H](C)N. The molecule has 8 heavy (non-hydrogen) atoms. The molecule has 0 aromatic rings. The molecule has 0 heterocycles. The summed E-state index contributed by atoms with van der Waals surface area (Å²) in [5.41, 5.74) is 5.47. The lowest BCUT2D eigenvalue weighted by atomic mass is 10.2. The molecule has 0 fully saturated rings. The van der Waals surface area contributed by atoms with Crippen molar-refractivity contribution in [2.24, 2.45) is 5.73 Å². The van der Waals surface area contributed by atoms with E-state index in [-0.39, 0.29) is 6.04 Å². The van der Waals surface area contributed by atoms with Crippen LogP contribution in [0.4, 0.5) is 0 Å². The van der Waals surface area contributed by atoms with E-state index in [9.17, 15) is 0 Å². The van der Waals surface area contributed by atoms with Gasteiger partial charge in [0.25, 0.3) is 0 Å². The molecule has 0 aliphatic rings. The van der Waals surface area contributed by atoms with Crippen molar-refractivity contribution < 1.29 is 0 Å². The van der Waals surface area contributed by atoms with Crippen LogP contribution < -0.4 is 5.73 Å². The minimum Gasteiger partial charge on any atom is -0.328 e. The summed E-state index contributed by atoms with van der Waals surface area (Å²) in [6.45, 7) is 5.62. The third-order valence-electron chi connectivity index (χ3n) is 0.888. The molecule has 0 saturated carbocycles. The maximum absolute atomic E-state index is 5.47. The van der Waals surface area contributed by atoms with Crippen molar-refractivity contribution >= 4 is 12.6 Å². The highest BCUT2D eigenvalue weighted by atomic mass is 32.1. The van der Waals surface area contributed by atoms with Gasteiger partial charge in [-0.25, -0.2) is 0 Å². The van der Waals surface area contributed by atoms with Crippen molar-refractivity contribution in [3.63, 3.8) is 0 Å². The summed E-state index contributed by atoms with van der Waals surface area (Å²) >= 11 is 4.02. The second-order valence-electron chi connectivity index (χ2n) is 2.08. The normalized spacial score (nSPS) is 13.4. The summed E-state index contributed by atoms with van der Waals surface area (Å²) in [5, 5.41) is 0. The van der Waals surface area contributed by atoms with E-state index in [1.807, 2.05) is 6.92 Å². The smallest absolute Gasteiger partial charge is 0.00138 e. The zero-order valence-corrected chi connectivity index (χ0v) is 6.12. The molecule has 1 atom stereocenters. The Hall–Kier alpha value is 0.0500. The Balaban J connectivity index is 3.05. The number of rotatable bonds is 3. The van der Waals surface area contributed by atoms with Crippen LogP contribution in [0.15, 0.2) is 11.5 Å². The second-order valence-corrected chi connectivity index (χ2v) is 2.71. The molecule has 0 aromatic heterocycles. The van der Waals surface area contributed by atoms with Crippen LogP contribution in [-0.2, 0) is 0 Å². The third kappa shape index (κ3) is 6.05. The van der Waals surface area contributed by atoms with Gasteiger partial charge in [-0.15, -0.1) is 12.6 Å². The Morgan fingerprint density at radius 2 is 2.38 bits per heavy atom. The van der Waals surface area contributed by atoms with Crippen molar-refractivity contribution in [1.29, 1.82) is 0 Å². The molecule has 0 saturated heterocycles. The first-order valence-electron chi connectivity index (χ1n) is 2.75. The molecular formula is C6H13NS. The van der Waals surface area contributed by atoms with E-state index in [0.29, 0.717) is 0 Å². The molecule has 0 aliphatic carbocycles. The average Bonchev–Trinajstić information content (AvgIpc) is 1.61. The van der Waals surface area contributed by atoms with Crippen molar-refractivity contribution in [2.75, 3.05) is 0 Å². The van der Waals surface area contributed by atoms with Crippen LogP contribution >= 0.6 is 12.6 Å². The summed E-state index contributed by atoms with van der Waals surface area (Å²) in [4.78, 5) is 0.919. The molecular weight excluding hydrogens is 118 g/mol. The van der Waals surface area contributed by atoms with E-state index in [1.54, 1.807) is 0 Å². The number of thiol groups is 1. The lowest BCUT2D eigenvalue weighted by Gasteiger charge is -2.01. The summed E-state index contributed by atoms with van der Waals surface area (Å²) in [6, 6.07) is 0.277. The van der Waals surface area contributed by atoms with Gasteiger partial charge in [-0.3, -0.25) is 0 Å². The molecule has 1 nitrogen and oxygen atoms in total. The minimum absolute atomic E-state index is 0.277. The number of allylic oxidation sites excluding steroid dienone is 1. The molecule has 2 heteroatoms. The quantitative estimate of drug-likeness (QED) is 0.558. The fourth-order valence-corrected chi connectivity index (χ4v) is 0.523. The van der Waals surface area contributed by atoms with Crippen molar-refractivity contribution in [3.05, 3.63) is 11.5 Å². The summed E-state index contributed by atoms with van der Waals surface area (Å²) < 4.78 is 0. The van der Waals surface area contributed by atoms with Crippen LogP contribution in [-0.4, -0.2) is 6.04 Å². The molecule has 0 spiro atoms. The standard InChI is InChI=1S/C6H13NS/c1-5(7)3-4-6(2)8/h5,8H,2-4,7H2,1H3/t5-/m0/s1. The predicted octanol–water partition coefficient (Wildman–Crippen LogP) is 1.56. The first-order valence-corrected chi connectivity index (χ1v) is 3.20. The topological polar surface area (TPSA) is 26.0 Å².